The van der Waals surface area contributed by atoms with Crippen molar-refractivity contribution >= 4 is 5.69 Å². The number of hydrogen-bond donors (Lipinski definition) is 1. The van der Waals surface area contributed by atoms with E-state index in [1.54, 1.807) is 6.07 Å². The third kappa shape index (κ3) is 3.15. The van der Waals surface area contributed by atoms with Crippen molar-refractivity contribution in [2.75, 3.05) is 11.9 Å². The molecule has 0 amide bonds. The zero-order chi connectivity index (χ0) is 14.0. The van der Waals surface area contributed by atoms with Gasteiger partial charge in [0.25, 0.3) is 0 Å². The number of aryl methyl sites for hydroxylation is 1. The summed E-state index contributed by atoms with van der Waals surface area (Å²) in [5, 5.41) is 0. The molecule has 2 aromatic rings. The predicted molar refractivity (Wildman–Crippen MR) is 74.6 cm³/mol. The lowest BCUT2D eigenvalue weighted by Crippen LogP contribution is -2.20. The summed E-state index contributed by atoms with van der Waals surface area (Å²) in [7, 11) is 1.94. The molecule has 0 bridgehead atoms. The standard InChI is InChI=1S/C15H19FN2O/c1-10-4-6-13(19-10)9-18(3)15-7-5-12(16)8-14(15)11(2)17/h4-8,11H,9,17H2,1-3H3/t11-/m0/s1. The largest absolute Gasteiger partial charge is 0.464 e. The minimum absolute atomic E-state index is 0.216. The summed E-state index contributed by atoms with van der Waals surface area (Å²) in [5.74, 6) is 1.49. The fraction of sp³-hybridized carbons (Fsp3) is 0.333. The first-order chi connectivity index (χ1) is 8.97. The topological polar surface area (TPSA) is 42.4 Å². The van der Waals surface area contributed by atoms with E-state index in [1.807, 2.05) is 37.9 Å². The van der Waals surface area contributed by atoms with Gasteiger partial charge in [-0.15, -0.1) is 0 Å². The maximum absolute atomic E-state index is 13.3. The van der Waals surface area contributed by atoms with Crippen LogP contribution >= 0.6 is 0 Å². The maximum Gasteiger partial charge on any atom is 0.123 e. The second-order valence-electron chi connectivity index (χ2n) is 4.86. The van der Waals surface area contributed by atoms with E-state index in [1.165, 1.54) is 12.1 Å². The molecule has 0 radical (unpaired) electrons. The van der Waals surface area contributed by atoms with Gasteiger partial charge in [0.15, 0.2) is 0 Å². The fourth-order valence-corrected chi connectivity index (χ4v) is 2.13. The van der Waals surface area contributed by atoms with Gasteiger partial charge in [-0.2, -0.15) is 0 Å². The van der Waals surface area contributed by atoms with Gasteiger partial charge < -0.3 is 15.1 Å². The van der Waals surface area contributed by atoms with E-state index in [0.717, 1.165) is 22.8 Å². The highest BCUT2D eigenvalue weighted by Gasteiger charge is 2.13. The van der Waals surface area contributed by atoms with Crippen molar-refractivity contribution in [3.05, 3.63) is 53.2 Å². The van der Waals surface area contributed by atoms with Crippen LogP contribution < -0.4 is 10.6 Å². The molecular weight excluding hydrogens is 243 g/mol. The summed E-state index contributed by atoms with van der Waals surface area (Å²) in [6.45, 7) is 4.39. The van der Waals surface area contributed by atoms with E-state index in [-0.39, 0.29) is 11.9 Å². The number of rotatable bonds is 4. The zero-order valence-corrected chi connectivity index (χ0v) is 11.5. The molecule has 2 N–H and O–H groups in total. The lowest BCUT2D eigenvalue weighted by molar-refractivity contribution is 0.481. The highest BCUT2D eigenvalue weighted by Crippen LogP contribution is 2.26. The Morgan fingerprint density at radius 3 is 2.63 bits per heavy atom. The fourth-order valence-electron chi connectivity index (χ4n) is 2.13. The minimum Gasteiger partial charge on any atom is -0.464 e. The Kier molecular flexibility index (Phi) is 3.90. The number of nitrogens with two attached hydrogens (primary N) is 1. The third-order valence-corrected chi connectivity index (χ3v) is 3.08. The third-order valence-electron chi connectivity index (χ3n) is 3.08. The van der Waals surface area contributed by atoms with Crippen LogP contribution in [0.25, 0.3) is 0 Å². The summed E-state index contributed by atoms with van der Waals surface area (Å²) >= 11 is 0. The number of halogens is 1. The van der Waals surface area contributed by atoms with E-state index in [4.69, 9.17) is 10.2 Å². The van der Waals surface area contributed by atoms with Crippen LogP contribution in [0.3, 0.4) is 0 Å². The van der Waals surface area contributed by atoms with Crippen molar-refractivity contribution in [1.82, 2.24) is 0 Å². The molecule has 0 saturated carbocycles. The van der Waals surface area contributed by atoms with E-state index >= 15 is 0 Å². The molecule has 0 aliphatic carbocycles. The van der Waals surface area contributed by atoms with Gasteiger partial charge in [0.2, 0.25) is 0 Å². The monoisotopic (exact) mass is 262 g/mol. The number of nitrogens with zero attached hydrogens (tertiary/aromatic N) is 1. The van der Waals surface area contributed by atoms with Crippen molar-refractivity contribution in [2.24, 2.45) is 5.73 Å². The van der Waals surface area contributed by atoms with Crippen LogP contribution in [0, 0.1) is 12.7 Å². The van der Waals surface area contributed by atoms with E-state index in [2.05, 4.69) is 0 Å². The van der Waals surface area contributed by atoms with E-state index < -0.39 is 0 Å². The Balaban J connectivity index is 2.25. The van der Waals surface area contributed by atoms with E-state index in [0.29, 0.717) is 6.54 Å². The number of benzene rings is 1. The molecular formula is C15H19FN2O. The Morgan fingerprint density at radius 2 is 2.05 bits per heavy atom. The lowest BCUT2D eigenvalue weighted by atomic mass is 10.1. The van der Waals surface area contributed by atoms with Crippen LogP contribution in [0.15, 0.2) is 34.7 Å². The molecule has 19 heavy (non-hydrogen) atoms. The van der Waals surface area contributed by atoms with Gasteiger partial charge in [0.1, 0.15) is 17.3 Å². The maximum atomic E-state index is 13.3. The highest BCUT2D eigenvalue weighted by molar-refractivity contribution is 5.54. The van der Waals surface area contributed by atoms with Gasteiger partial charge in [-0.05, 0) is 49.7 Å². The Labute approximate surface area is 112 Å². The van der Waals surface area contributed by atoms with Gasteiger partial charge in [-0.3, -0.25) is 0 Å². The second-order valence-corrected chi connectivity index (χ2v) is 4.86. The predicted octanol–water partition coefficient (Wildman–Crippen LogP) is 3.38. The molecule has 0 fully saturated rings. The van der Waals surface area contributed by atoms with Crippen molar-refractivity contribution < 1.29 is 8.81 Å². The van der Waals surface area contributed by atoms with Crippen molar-refractivity contribution in [3.8, 4) is 0 Å². The molecule has 3 nitrogen and oxygen atoms in total. The summed E-state index contributed by atoms with van der Waals surface area (Å²) in [6.07, 6.45) is 0. The van der Waals surface area contributed by atoms with E-state index in [9.17, 15) is 4.39 Å². The molecule has 0 saturated heterocycles. The average Bonchev–Trinajstić information content (AvgIpc) is 2.74. The molecule has 1 atom stereocenters. The molecule has 1 aromatic heterocycles. The van der Waals surface area contributed by atoms with Gasteiger partial charge in [-0.25, -0.2) is 4.39 Å². The summed E-state index contributed by atoms with van der Waals surface area (Å²) in [6, 6.07) is 8.35. The molecule has 2 rings (SSSR count). The number of anilines is 1. The molecule has 1 heterocycles. The first-order valence-electron chi connectivity index (χ1n) is 6.29. The van der Waals surface area contributed by atoms with Crippen molar-refractivity contribution in [3.63, 3.8) is 0 Å². The van der Waals surface area contributed by atoms with Gasteiger partial charge in [0.05, 0.1) is 6.54 Å². The van der Waals surface area contributed by atoms with Gasteiger partial charge in [-0.1, -0.05) is 0 Å². The van der Waals surface area contributed by atoms with Crippen molar-refractivity contribution in [2.45, 2.75) is 26.4 Å². The second kappa shape index (κ2) is 5.45. The van der Waals surface area contributed by atoms with Crippen LogP contribution in [0.5, 0.6) is 0 Å². The average molecular weight is 262 g/mol. The van der Waals surface area contributed by atoms with Crippen LogP contribution in [0.2, 0.25) is 0 Å². The lowest BCUT2D eigenvalue weighted by Gasteiger charge is -2.23. The Morgan fingerprint density at radius 1 is 1.32 bits per heavy atom. The molecule has 0 spiro atoms. The Bertz CT molecular complexity index is 563. The van der Waals surface area contributed by atoms with Crippen molar-refractivity contribution in [1.29, 1.82) is 0 Å². The number of hydrogen-bond acceptors (Lipinski definition) is 3. The molecule has 0 aliphatic heterocycles. The smallest absolute Gasteiger partial charge is 0.123 e. The van der Waals surface area contributed by atoms with Crippen LogP contribution in [0.4, 0.5) is 10.1 Å². The van der Waals surface area contributed by atoms with Gasteiger partial charge in [0, 0.05) is 18.8 Å². The normalized spacial score (nSPS) is 12.5. The highest BCUT2D eigenvalue weighted by atomic mass is 19.1. The first kappa shape index (κ1) is 13.6. The summed E-state index contributed by atoms with van der Waals surface area (Å²) < 4.78 is 18.9. The summed E-state index contributed by atoms with van der Waals surface area (Å²) in [5.41, 5.74) is 7.62. The SMILES string of the molecule is Cc1ccc(CN(C)c2ccc(F)cc2[C@H](C)N)o1. The van der Waals surface area contributed by atoms with Crippen LogP contribution in [-0.2, 0) is 6.54 Å². The quantitative estimate of drug-likeness (QED) is 0.918. The molecule has 102 valence electrons. The molecule has 0 aliphatic rings. The minimum atomic E-state index is -0.265. The number of furan rings is 1. The van der Waals surface area contributed by atoms with Crippen LogP contribution in [-0.4, -0.2) is 7.05 Å². The molecule has 1 aromatic carbocycles. The zero-order valence-electron chi connectivity index (χ0n) is 11.5. The molecule has 0 unspecified atom stereocenters. The summed E-state index contributed by atoms with van der Waals surface area (Å²) in [4.78, 5) is 2.01. The van der Waals surface area contributed by atoms with Gasteiger partial charge >= 0.3 is 0 Å². The molecule has 4 heteroatoms. The Hall–Kier alpha value is -1.81. The first-order valence-corrected chi connectivity index (χ1v) is 6.29. The van der Waals surface area contributed by atoms with Crippen LogP contribution in [0.1, 0.15) is 30.0 Å².